The molecule has 0 saturated carbocycles. The Morgan fingerprint density at radius 1 is 1.12 bits per heavy atom. The van der Waals surface area contributed by atoms with Crippen LogP contribution in [0.15, 0.2) is 33.8 Å². The molecule has 0 spiro atoms. The molecule has 34 heavy (non-hydrogen) atoms. The van der Waals surface area contributed by atoms with Crippen LogP contribution in [0.3, 0.4) is 0 Å². The molecule has 188 valence electrons. The molecular weight excluding hydrogens is 456 g/mol. The van der Waals surface area contributed by atoms with E-state index >= 15 is 0 Å². The van der Waals surface area contributed by atoms with Crippen LogP contribution in [0, 0.1) is 13.8 Å². The Hall–Kier alpha value is -2.40. The molecule has 1 N–H and O–H groups in total. The molecule has 1 aromatic carbocycles. The number of rotatable bonds is 10. The fourth-order valence-electron chi connectivity index (χ4n) is 4.24. The van der Waals surface area contributed by atoms with Gasteiger partial charge >= 0.3 is 0 Å². The molecule has 2 heterocycles. The van der Waals surface area contributed by atoms with Crippen molar-refractivity contribution in [2.75, 3.05) is 60.5 Å². The second-order valence-corrected chi connectivity index (χ2v) is 10.7. The summed E-state index contributed by atoms with van der Waals surface area (Å²) in [6.45, 7) is 8.55. The highest BCUT2D eigenvalue weighted by Crippen LogP contribution is 2.26. The van der Waals surface area contributed by atoms with E-state index in [2.05, 4.69) is 28.6 Å². The van der Waals surface area contributed by atoms with E-state index in [1.165, 1.54) is 6.26 Å². The van der Waals surface area contributed by atoms with Gasteiger partial charge in [0, 0.05) is 26.2 Å². The molecule has 1 aromatic heterocycles. The van der Waals surface area contributed by atoms with Gasteiger partial charge in [0.05, 0.1) is 24.1 Å². The summed E-state index contributed by atoms with van der Waals surface area (Å²) in [6, 6.07) is 4.99. The Morgan fingerprint density at radius 3 is 2.35 bits per heavy atom. The lowest BCUT2D eigenvalue weighted by atomic mass is 10.1. The first kappa shape index (κ1) is 26.2. The number of benzene rings is 1. The van der Waals surface area contributed by atoms with Gasteiger partial charge in [-0.3, -0.25) is 9.69 Å². The molecule has 1 saturated heterocycles. The van der Waals surface area contributed by atoms with Gasteiger partial charge in [0.1, 0.15) is 17.8 Å². The molecule has 1 amide bonds. The molecule has 9 nitrogen and oxygen atoms in total. The van der Waals surface area contributed by atoms with Gasteiger partial charge in [0.2, 0.25) is 10.0 Å². The number of sulfonamides is 1. The maximum atomic E-state index is 12.9. The lowest BCUT2D eigenvalue weighted by Gasteiger charge is -2.34. The Balaban J connectivity index is 1.55. The zero-order valence-corrected chi connectivity index (χ0v) is 21.6. The Kier molecular flexibility index (Phi) is 8.75. The van der Waals surface area contributed by atoms with E-state index in [0.717, 1.165) is 32.6 Å². The highest BCUT2D eigenvalue weighted by molar-refractivity contribution is 7.89. The van der Waals surface area contributed by atoms with E-state index in [4.69, 9.17) is 9.15 Å². The number of carbonyl (C=O) groups excluding carboxylic acids is 1. The van der Waals surface area contributed by atoms with Crippen LogP contribution in [0.4, 0.5) is 0 Å². The maximum Gasteiger partial charge on any atom is 0.257 e. The van der Waals surface area contributed by atoms with E-state index in [0.29, 0.717) is 41.3 Å². The third-order valence-corrected chi connectivity index (χ3v) is 7.72. The minimum absolute atomic E-state index is 0.0415. The topological polar surface area (TPSA) is 95.3 Å². The monoisotopic (exact) mass is 492 g/mol. The molecule has 1 aliphatic rings. The number of methoxy groups -OCH3 is 1. The van der Waals surface area contributed by atoms with Crippen molar-refractivity contribution in [1.82, 2.24) is 19.4 Å². The summed E-state index contributed by atoms with van der Waals surface area (Å²) in [7, 11) is 1.92. The molecule has 2 aromatic rings. The Morgan fingerprint density at radius 2 is 1.76 bits per heavy atom. The average molecular weight is 493 g/mol. The van der Waals surface area contributed by atoms with Crippen LogP contribution in [0.5, 0.6) is 5.75 Å². The van der Waals surface area contributed by atoms with Crippen LogP contribution in [-0.4, -0.2) is 89.5 Å². The van der Waals surface area contributed by atoms with Crippen molar-refractivity contribution >= 4 is 15.9 Å². The van der Waals surface area contributed by atoms with Crippen LogP contribution >= 0.6 is 0 Å². The standard InChI is InChI=1S/C24H36N4O5S/c1-18-13-21(32-5)14-19(2)23(18)34(30,31)25-16-22-15-20(17-33-22)24(29)28-11-9-27(10-12-28)8-6-7-26(3)4/h13-15,17,25H,6-12,16H2,1-5H3. The minimum atomic E-state index is -3.77. The molecule has 0 atom stereocenters. The summed E-state index contributed by atoms with van der Waals surface area (Å²) in [6.07, 6.45) is 2.51. The lowest BCUT2D eigenvalue weighted by Crippen LogP contribution is -2.49. The summed E-state index contributed by atoms with van der Waals surface area (Å²) >= 11 is 0. The summed E-state index contributed by atoms with van der Waals surface area (Å²) in [4.78, 5) is 19.5. The predicted octanol–water partition coefficient (Wildman–Crippen LogP) is 2.09. The third kappa shape index (κ3) is 6.59. The van der Waals surface area contributed by atoms with Crippen molar-refractivity contribution in [2.24, 2.45) is 0 Å². The smallest absolute Gasteiger partial charge is 0.257 e. The van der Waals surface area contributed by atoms with Crippen LogP contribution in [0.1, 0.15) is 33.7 Å². The quantitative estimate of drug-likeness (QED) is 0.543. The van der Waals surface area contributed by atoms with Crippen molar-refractivity contribution in [3.05, 3.63) is 46.9 Å². The zero-order valence-electron chi connectivity index (χ0n) is 20.8. The summed E-state index contributed by atoms with van der Waals surface area (Å²) < 4.78 is 39.1. The van der Waals surface area contributed by atoms with Crippen LogP contribution in [0.2, 0.25) is 0 Å². The van der Waals surface area contributed by atoms with Crippen molar-refractivity contribution < 1.29 is 22.4 Å². The number of aryl methyl sites for hydroxylation is 2. The molecule has 10 heteroatoms. The second-order valence-electron chi connectivity index (χ2n) is 9.01. The number of hydrogen-bond acceptors (Lipinski definition) is 7. The molecule has 1 fully saturated rings. The number of nitrogens with one attached hydrogen (secondary N) is 1. The summed E-state index contributed by atoms with van der Waals surface area (Å²) in [5.74, 6) is 0.906. The molecule has 1 aliphatic heterocycles. The van der Waals surface area contributed by atoms with E-state index in [1.807, 2.05) is 4.90 Å². The summed E-state index contributed by atoms with van der Waals surface area (Å²) in [5, 5.41) is 0. The Bertz CT molecular complexity index is 1070. The first-order chi connectivity index (χ1) is 16.1. The van der Waals surface area contributed by atoms with Gasteiger partial charge in [-0.25, -0.2) is 13.1 Å². The SMILES string of the molecule is COc1cc(C)c(S(=O)(=O)NCc2cc(C(=O)N3CCN(CCCN(C)C)CC3)co2)c(C)c1. The minimum Gasteiger partial charge on any atom is -0.497 e. The van der Waals surface area contributed by atoms with Crippen molar-refractivity contribution in [2.45, 2.75) is 31.7 Å². The number of nitrogens with zero attached hydrogens (tertiary/aromatic N) is 3. The van der Waals surface area contributed by atoms with Crippen molar-refractivity contribution in [1.29, 1.82) is 0 Å². The summed E-state index contributed by atoms with van der Waals surface area (Å²) in [5.41, 5.74) is 1.63. The molecule has 0 unspecified atom stereocenters. The van der Waals surface area contributed by atoms with Crippen molar-refractivity contribution in [3.8, 4) is 5.75 Å². The second kappa shape index (κ2) is 11.4. The molecule has 0 radical (unpaired) electrons. The highest BCUT2D eigenvalue weighted by atomic mass is 32.2. The first-order valence-electron chi connectivity index (χ1n) is 11.5. The third-order valence-electron chi connectivity index (χ3n) is 6.01. The van der Waals surface area contributed by atoms with E-state index in [1.54, 1.807) is 39.2 Å². The maximum absolute atomic E-state index is 12.9. The van der Waals surface area contributed by atoms with E-state index < -0.39 is 10.0 Å². The van der Waals surface area contributed by atoms with Gasteiger partial charge < -0.3 is 19.0 Å². The van der Waals surface area contributed by atoms with Crippen molar-refractivity contribution in [3.63, 3.8) is 0 Å². The molecule has 0 bridgehead atoms. The first-order valence-corrected chi connectivity index (χ1v) is 13.0. The number of amides is 1. The molecule has 0 aliphatic carbocycles. The average Bonchev–Trinajstić information content (AvgIpc) is 3.26. The van der Waals surface area contributed by atoms with Crippen LogP contribution in [-0.2, 0) is 16.6 Å². The highest BCUT2D eigenvalue weighted by Gasteiger charge is 2.24. The number of ether oxygens (including phenoxy) is 1. The zero-order chi connectivity index (χ0) is 24.9. The number of furan rings is 1. The molecular formula is C24H36N4O5S. The van der Waals surface area contributed by atoms with Gasteiger partial charge in [0.25, 0.3) is 5.91 Å². The van der Waals surface area contributed by atoms with Crippen LogP contribution in [0.25, 0.3) is 0 Å². The van der Waals surface area contributed by atoms with Gasteiger partial charge in [-0.15, -0.1) is 0 Å². The predicted molar refractivity (Wildman–Crippen MR) is 131 cm³/mol. The van der Waals surface area contributed by atoms with Gasteiger partial charge in [-0.2, -0.15) is 0 Å². The van der Waals surface area contributed by atoms with E-state index in [-0.39, 0.29) is 17.3 Å². The number of hydrogen-bond donors (Lipinski definition) is 1. The van der Waals surface area contributed by atoms with Crippen LogP contribution < -0.4 is 9.46 Å². The van der Waals surface area contributed by atoms with E-state index in [9.17, 15) is 13.2 Å². The van der Waals surface area contributed by atoms with Gasteiger partial charge in [-0.1, -0.05) is 0 Å². The molecule has 3 rings (SSSR count). The lowest BCUT2D eigenvalue weighted by molar-refractivity contribution is 0.0633. The fourth-order valence-corrected chi connectivity index (χ4v) is 5.69. The number of carbonyl (C=O) groups is 1. The normalized spacial score (nSPS) is 15.2. The van der Waals surface area contributed by atoms with Gasteiger partial charge in [0.15, 0.2) is 0 Å². The Labute approximate surface area is 202 Å². The fraction of sp³-hybridized carbons (Fsp3) is 0.542. The largest absolute Gasteiger partial charge is 0.497 e. The van der Waals surface area contributed by atoms with Gasteiger partial charge in [-0.05, 0) is 76.8 Å². The number of piperazine rings is 1.